The van der Waals surface area contributed by atoms with Crippen LogP contribution in [0.1, 0.15) is 58.6 Å². The zero-order chi connectivity index (χ0) is 22.4. The standard InChI is InChI=1S/C23H35BrN4O3/c1-17(2)31-22(29)26-18-9-10-20(30-14-13-28-11-7-5-6-8-12-28)23(3,15-18)21-19(24)16-25-27(21)4/h9-10,16-17H,5-8,11-15H2,1-4H3,(H,26,29). The van der Waals surface area contributed by atoms with E-state index in [0.717, 1.165) is 41.3 Å². The smallest absolute Gasteiger partial charge is 0.411 e. The van der Waals surface area contributed by atoms with Crippen LogP contribution in [0.15, 0.2) is 34.3 Å². The van der Waals surface area contributed by atoms with E-state index in [1.807, 2.05) is 37.7 Å². The summed E-state index contributed by atoms with van der Waals surface area (Å²) in [5.41, 5.74) is 1.33. The van der Waals surface area contributed by atoms with E-state index in [-0.39, 0.29) is 6.10 Å². The van der Waals surface area contributed by atoms with Gasteiger partial charge in [-0.1, -0.05) is 12.8 Å². The molecule has 2 heterocycles. The van der Waals surface area contributed by atoms with Gasteiger partial charge in [-0.25, -0.2) is 4.79 Å². The average molecular weight is 495 g/mol. The van der Waals surface area contributed by atoms with Crippen molar-refractivity contribution in [3.8, 4) is 0 Å². The third kappa shape index (κ3) is 6.13. The molecule has 31 heavy (non-hydrogen) atoms. The molecule has 0 spiro atoms. The van der Waals surface area contributed by atoms with Gasteiger partial charge in [-0.15, -0.1) is 0 Å². The average Bonchev–Trinajstić information content (AvgIpc) is 2.88. The fraction of sp³-hybridized carbons (Fsp3) is 0.652. The van der Waals surface area contributed by atoms with Crippen molar-refractivity contribution in [2.75, 3.05) is 26.2 Å². The molecule has 1 fully saturated rings. The van der Waals surface area contributed by atoms with E-state index in [1.165, 1.54) is 25.7 Å². The van der Waals surface area contributed by atoms with Gasteiger partial charge in [0, 0.05) is 25.7 Å². The van der Waals surface area contributed by atoms with Gasteiger partial charge in [0.05, 0.1) is 27.9 Å². The van der Waals surface area contributed by atoms with Crippen LogP contribution in [0.25, 0.3) is 0 Å². The fourth-order valence-corrected chi connectivity index (χ4v) is 5.22. The van der Waals surface area contributed by atoms with E-state index in [2.05, 4.69) is 38.2 Å². The van der Waals surface area contributed by atoms with E-state index >= 15 is 0 Å². The molecular formula is C23H35BrN4O3. The number of halogens is 1. The Hall–Kier alpha value is -1.80. The summed E-state index contributed by atoms with van der Waals surface area (Å²) in [6.45, 7) is 9.68. The number of nitrogens with one attached hydrogen (secondary N) is 1. The van der Waals surface area contributed by atoms with E-state index in [1.54, 1.807) is 6.20 Å². The van der Waals surface area contributed by atoms with Crippen molar-refractivity contribution in [2.45, 2.75) is 64.4 Å². The molecule has 7 nitrogen and oxygen atoms in total. The van der Waals surface area contributed by atoms with E-state index in [9.17, 15) is 4.79 Å². The number of ether oxygens (including phenoxy) is 2. The quantitative estimate of drug-likeness (QED) is 0.597. The molecule has 1 atom stereocenters. The molecule has 1 aliphatic heterocycles. The zero-order valence-electron chi connectivity index (χ0n) is 19.1. The van der Waals surface area contributed by atoms with Gasteiger partial charge >= 0.3 is 6.09 Å². The highest BCUT2D eigenvalue weighted by Crippen LogP contribution is 2.43. The second-order valence-corrected chi connectivity index (χ2v) is 9.73. The number of rotatable bonds is 7. The Morgan fingerprint density at radius 2 is 1.97 bits per heavy atom. The molecular weight excluding hydrogens is 460 g/mol. The van der Waals surface area contributed by atoms with Crippen LogP contribution in [0.2, 0.25) is 0 Å². The number of carbonyl (C=O) groups excluding carboxylic acids is 1. The molecule has 0 saturated carbocycles. The maximum Gasteiger partial charge on any atom is 0.411 e. The summed E-state index contributed by atoms with van der Waals surface area (Å²) in [7, 11) is 1.93. The third-order valence-corrected chi connectivity index (χ3v) is 6.49. The number of carbonyl (C=O) groups is 1. The SMILES string of the molecule is CC(C)OC(=O)NC1=CC=C(OCCN2CCCCCC2)C(C)(c2c(Br)cnn2C)C1. The van der Waals surface area contributed by atoms with Crippen molar-refractivity contribution in [3.63, 3.8) is 0 Å². The van der Waals surface area contributed by atoms with Crippen LogP contribution in [-0.2, 0) is 21.9 Å². The van der Waals surface area contributed by atoms with Crippen molar-refractivity contribution in [1.82, 2.24) is 20.0 Å². The van der Waals surface area contributed by atoms with Gasteiger partial charge in [0.2, 0.25) is 0 Å². The Morgan fingerprint density at radius 1 is 1.26 bits per heavy atom. The Kier molecular flexibility index (Phi) is 8.22. The summed E-state index contributed by atoms with van der Waals surface area (Å²) >= 11 is 3.65. The van der Waals surface area contributed by atoms with Crippen molar-refractivity contribution in [2.24, 2.45) is 7.05 Å². The van der Waals surface area contributed by atoms with Gasteiger partial charge < -0.3 is 9.47 Å². The van der Waals surface area contributed by atoms with Gasteiger partial charge in [-0.2, -0.15) is 5.10 Å². The lowest BCUT2D eigenvalue weighted by atomic mass is 9.77. The number of aryl methyl sites for hydroxylation is 1. The van der Waals surface area contributed by atoms with Crippen LogP contribution >= 0.6 is 15.9 Å². The number of aromatic nitrogens is 2. The minimum absolute atomic E-state index is 0.171. The van der Waals surface area contributed by atoms with Gasteiger partial charge in [0.25, 0.3) is 0 Å². The lowest BCUT2D eigenvalue weighted by molar-refractivity contribution is 0.115. The Bertz CT molecular complexity index is 805. The minimum atomic E-state index is -0.474. The van der Waals surface area contributed by atoms with E-state index in [0.29, 0.717) is 13.0 Å². The molecule has 1 aromatic heterocycles. The maximum atomic E-state index is 12.2. The Labute approximate surface area is 194 Å². The monoisotopic (exact) mass is 494 g/mol. The van der Waals surface area contributed by atoms with Crippen LogP contribution in [0.5, 0.6) is 0 Å². The molecule has 3 rings (SSSR count). The molecule has 1 aliphatic carbocycles. The van der Waals surface area contributed by atoms with Crippen LogP contribution in [0.3, 0.4) is 0 Å². The van der Waals surface area contributed by atoms with Crippen molar-refractivity contribution in [1.29, 1.82) is 0 Å². The van der Waals surface area contributed by atoms with Gasteiger partial charge in [-0.3, -0.25) is 14.9 Å². The first kappa shape index (κ1) is 23.9. The van der Waals surface area contributed by atoms with Crippen LogP contribution in [0, 0.1) is 0 Å². The molecule has 8 heteroatoms. The summed E-state index contributed by atoms with van der Waals surface area (Å²) in [4.78, 5) is 14.6. The summed E-state index contributed by atoms with van der Waals surface area (Å²) in [6, 6.07) is 0. The Morgan fingerprint density at radius 3 is 2.58 bits per heavy atom. The van der Waals surface area contributed by atoms with Crippen LogP contribution < -0.4 is 5.32 Å². The van der Waals surface area contributed by atoms with E-state index in [4.69, 9.17) is 9.47 Å². The highest BCUT2D eigenvalue weighted by molar-refractivity contribution is 9.10. The number of alkyl carbamates (subject to hydrolysis) is 1. The molecule has 1 amide bonds. The second-order valence-electron chi connectivity index (χ2n) is 8.88. The number of nitrogens with zero attached hydrogens (tertiary/aromatic N) is 3. The molecule has 2 aliphatic rings. The second kappa shape index (κ2) is 10.7. The van der Waals surface area contributed by atoms with Gasteiger partial charge in [0.1, 0.15) is 12.4 Å². The lowest BCUT2D eigenvalue weighted by Crippen LogP contribution is -2.37. The molecule has 1 unspecified atom stereocenters. The topological polar surface area (TPSA) is 68.6 Å². The molecule has 1 aromatic rings. The summed E-state index contributed by atoms with van der Waals surface area (Å²) < 4.78 is 14.4. The van der Waals surface area contributed by atoms with Gasteiger partial charge in [-0.05, 0) is 74.8 Å². The zero-order valence-corrected chi connectivity index (χ0v) is 20.7. The number of amides is 1. The third-order valence-electron chi connectivity index (χ3n) is 5.91. The molecule has 0 radical (unpaired) electrons. The van der Waals surface area contributed by atoms with Crippen molar-refractivity contribution < 1.29 is 14.3 Å². The summed E-state index contributed by atoms with van der Waals surface area (Å²) in [5.74, 6) is 0.884. The first-order valence-corrected chi connectivity index (χ1v) is 12.0. The number of hydrogen-bond acceptors (Lipinski definition) is 5. The first-order chi connectivity index (χ1) is 14.8. The summed E-state index contributed by atoms with van der Waals surface area (Å²) in [6.07, 6.45) is 10.8. The predicted octanol–water partition coefficient (Wildman–Crippen LogP) is 4.64. The van der Waals surface area contributed by atoms with Crippen molar-refractivity contribution >= 4 is 22.0 Å². The molecule has 172 valence electrons. The number of hydrogen-bond donors (Lipinski definition) is 1. The largest absolute Gasteiger partial charge is 0.496 e. The van der Waals surface area contributed by atoms with Crippen molar-refractivity contribution in [3.05, 3.63) is 40.0 Å². The normalized spacial score (nSPS) is 22.5. The number of allylic oxidation sites excluding steroid dienone is 4. The fourth-order valence-electron chi connectivity index (χ4n) is 4.43. The molecule has 0 aromatic carbocycles. The first-order valence-electron chi connectivity index (χ1n) is 11.2. The maximum absolute atomic E-state index is 12.2. The van der Waals surface area contributed by atoms with Gasteiger partial charge in [0.15, 0.2) is 0 Å². The van der Waals surface area contributed by atoms with E-state index < -0.39 is 11.5 Å². The molecule has 1 N–H and O–H groups in total. The molecule has 0 bridgehead atoms. The van der Waals surface area contributed by atoms with Crippen LogP contribution in [0.4, 0.5) is 4.79 Å². The number of likely N-dealkylation sites (tertiary alicyclic amines) is 1. The lowest BCUT2D eigenvalue weighted by Gasteiger charge is -2.36. The minimum Gasteiger partial charge on any atom is -0.496 e. The predicted molar refractivity (Wildman–Crippen MR) is 125 cm³/mol. The Balaban J connectivity index is 1.76. The molecule has 1 saturated heterocycles. The highest BCUT2D eigenvalue weighted by Gasteiger charge is 2.40. The summed E-state index contributed by atoms with van der Waals surface area (Å²) in [5, 5.41) is 7.30. The van der Waals surface area contributed by atoms with Crippen LogP contribution in [-0.4, -0.2) is 53.1 Å². The highest BCUT2D eigenvalue weighted by atomic mass is 79.9.